The minimum absolute atomic E-state index is 0.0655. The second-order valence-electron chi connectivity index (χ2n) is 15.8. The molecule has 52 heavy (non-hydrogen) atoms. The van der Waals surface area contributed by atoms with Gasteiger partial charge in [0.15, 0.2) is 5.82 Å². The third kappa shape index (κ3) is 4.83. The van der Waals surface area contributed by atoms with Gasteiger partial charge in [0.2, 0.25) is 0 Å². The molecule has 5 atom stereocenters. The van der Waals surface area contributed by atoms with E-state index in [0.29, 0.717) is 23.1 Å². The van der Waals surface area contributed by atoms with E-state index < -0.39 is 0 Å². The minimum Gasteiger partial charge on any atom is -0.373 e. The van der Waals surface area contributed by atoms with Gasteiger partial charge in [0.1, 0.15) is 0 Å². The highest BCUT2D eigenvalue weighted by Gasteiger charge is 2.53. The van der Waals surface area contributed by atoms with Crippen LogP contribution in [0.2, 0.25) is 0 Å². The molecule has 0 aromatic heterocycles. The van der Waals surface area contributed by atoms with Gasteiger partial charge in [-0.3, -0.25) is 0 Å². The fraction of sp³-hybridized carbons (Fsp3) is 0.312. The highest BCUT2D eigenvalue weighted by atomic mass is 32.2. The van der Waals surface area contributed by atoms with Gasteiger partial charge >= 0.3 is 0 Å². The van der Waals surface area contributed by atoms with Crippen molar-refractivity contribution >= 4 is 34.8 Å². The van der Waals surface area contributed by atoms with Crippen LogP contribution in [0.1, 0.15) is 89.8 Å². The van der Waals surface area contributed by atoms with Gasteiger partial charge in [-0.25, -0.2) is 4.99 Å². The molecule has 0 spiro atoms. The number of benzene rings is 3. The first-order valence-corrected chi connectivity index (χ1v) is 20.7. The molecule has 0 saturated carbocycles. The Morgan fingerprint density at radius 2 is 1.63 bits per heavy atom. The lowest BCUT2D eigenvalue weighted by molar-refractivity contribution is 0.412. The van der Waals surface area contributed by atoms with Gasteiger partial charge in [0, 0.05) is 39.5 Å². The number of aliphatic imine (C=N–C) groups is 1. The lowest BCUT2D eigenvalue weighted by Crippen LogP contribution is -2.47. The van der Waals surface area contributed by atoms with Crippen LogP contribution in [0, 0.1) is 11.8 Å². The van der Waals surface area contributed by atoms with Crippen LogP contribution in [0.15, 0.2) is 136 Å². The molecule has 1 N–H and O–H groups in total. The van der Waals surface area contributed by atoms with Gasteiger partial charge in [0.05, 0.1) is 22.8 Å². The second-order valence-corrected chi connectivity index (χ2v) is 16.9. The predicted octanol–water partition coefficient (Wildman–Crippen LogP) is 10.9. The first-order valence-electron chi connectivity index (χ1n) is 19.8. The normalized spacial score (nSPS) is 28.2. The molecule has 5 aliphatic carbocycles. The monoisotopic (exact) mass is 695 g/mol. The highest BCUT2D eigenvalue weighted by molar-refractivity contribution is 8.04. The summed E-state index contributed by atoms with van der Waals surface area (Å²) in [4.78, 5) is 10.2. The van der Waals surface area contributed by atoms with Gasteiger partial charge in [-0.15, -0.1) is 11.8 Å². The van der Waals surface area contributed by atoms with E-state index in [4.69, 9.17) is 4.99 Å². The number of aryl methyl sites for hydroxylation is 2. The lowest BCUT2D eigenvalue weighted by atomic mass is 9.72. The SMILES string of the molecule is C1=CCC2C(=C1)N(C1=C(c3ccccc3)NC3C(=N1)C(c1cccc4c1C=CCC4)=CCC3c1cccc3c1CCCC3)C1SC3=C(CCC=C3)C21. The Morgan fingerprint density at radius 1 is 0.769 bits per heavy atom. The van der Waals surface area contributed by atoms with Crippen LogP contribution in [0.5, 0.6) is 0 Å². The molecule has 3 aromatic carbocycles. The van der Waals surface area contributed by atoms with Crippen LogP contribution in [-0.2, 0) is 19.3 Å². The summed E-state index contributed by atoms with van der Waals surface area (Å²) < 4.78 is 0. The minimum atomic E-state index is 0.0655. The summed E-state index contributed by atoms with van der Waals surface area (Å²) in [5.74, 6) is 2.40. The molecule has 4 heteroatoms. The molecule has 5 unspecified atom stereocenters. The van der Waals surface area contributed by atoms with Crippen molar-refractivity contribution in [1.82, 2.24) is 10.2 Å². The van der Waals surface area contributed by atoms with Crippen LogP contribution in [-0.4, -0.2) is 22.0 Å². The van der Waals surface area contributed by atoms with E-state index in [1.807, 2.05) is 0 Å². The van der Waals surface area contributed by atoms with Crippen molar-refractivity contribution in [3.05, 3.63) is 170 Å². The molecule has 3 nitrogen and oxygen atoms in total. The van der Waals surface area contributed by atoms with E-state index >= 15 is 0 Å². The Balaban J connectivity index is 1.13. The Morgan fingerprint density at radius 3 is 2.60 bits per heavy atom. The van der Waals surface area contributed by atoms with Crippen molar-refractivity contribution in [2.24, 2.45) is 16.8 Å². The highest BCUT2D eigenvalue weighted by Crippen LogP contribution is 2.60. The van der Waals surface area contributed by atoms with E-state index in [-0.39, 0.29) is 6.04 Å². The Bertz CT molecular complexity index is 2240. The van der Waals surface area contributed by atoms with Gasteiger partial charge in [-0.05, 0) is 109 Å². The zero-order valence-corrected chi connectivity index (χ0v) is 30.5. The van der Waals surface area contributed by atoms with E-state index in [1.165, 1.54) is 87.5 Å². The summed E-state index contributed by atoms with van der Waals surface area (Å²) in [7, 11) is 0. The topological polar surface area (TPSA) is 27.6 Å². The van der Waals surface area contributed by atoms with Gasteiger partial charge in [0.25, 0.3) is 0 Å². The van der Waals surface area contributed by atoms with E-state index in [9.17, 15) is 0 Å². The zero-order chi connectivity index (χ0) is 34.2. The first kappa shape index (κ1) is 31.0. The molecule has 0 amide bonds. The largest absolute Gasteiger partial charge is 0.373 e. The van der Waals surface area contributed by atoms with Gasteiger partial charge in [-0.1, -0.05) is 109 Å². The maximum absolute atomic E-state index is 6.06. The predicted molar refractivity (Wildman–Crippen MR) is 217 cm³/mol. The molecule has 258 valence electrons. The summed E-state index contributed by atoms with van der Waals surface area (Å²) in [5.41, 5.74) is 16.9. The average molecular weight is 696 g/mol. The van der Waals surface area contributed by atoms with Crippen LogP contribution in [0.3, 0.4) is 0 Å². The third-order valence-electron chi connectivity index (χ3n) is 13.0. The smallest absolute Gasteiger partial charge is 0.158 e. The summed E-state index contributed by atoms with van der Waals surface area (Å²) in [6.07, 6.45) is 30.8. The van der Waals surface area contributed by atoms with Crippen molar-refractivity contribution in [3.63, 3.8) is 0 Å². The molecule has 0 bridgehead atoms. The molecule has 1 fully saturated rings. The fourth-order valence-corrected chi connectivity index (χ4v) is 12.3. The Hall–Kier alpha value is -4.54. The third-order valence-corrected chi connectivity index (χ3v) is 14.4. The van der Waals surface area contributed by atoms with Crippen molar-refractivity contribution in [2.45, 2.75) is 81.5 Å². The number of thioether (sulfide) groups is 1. The molecule has 3 aromatic rings. The number of hydrogen-bond acceptors (Lipinski definition) is 4. The Labute approximate surface area is 312 Å². The quantitative estimate of drug-likeness (QED) is 0.294. The van der Waals surface area contributed by atoms with Crippen LogP contribution in [0.25, 0.3) is 17.3 Å². The van der Waals surface area contributed by atoms with Crippen LogP contribution >= 0.6 is 11.8 Å². The van der Waals surface area contributed by atoms with E-state index in [2.05, 4.69) is 137 Å². The van der Waals surface area contributed by atoms with Gasteiger partial charge in [-0.2, -0.15) is 0 Å². The van der Waals surface area contributed by atoms with E-state index in [1.54, 1.807) is 16.7 Å². The molecule has 8 aliphatic rings. The summed E-state index contributed by atoms with van der Waals surface area (Å²) in [6.45, 7) is 0. The number of fused-ring (bicyclic) bond motifs is 7. The molecule has 0 radical (unpaired) electrons. The number of nitrogens with one attached hydrogen (secondary N) is 1. The molecule has 3 heterocycles. The molecule has 3 aliphatic heterocycles. The van der Waals surface area contributed by atoms with Crippen molar-refractivity contribution in [2.75, 3.05) is 0 Å². The van der Waals surface area contributed by atoms with Gasteiger partial charge < -0.3 is 10.2 Å². The maximum Gasteiger partial charge on any atom is 0.158 e. The standard InChI is InChI=1S/C48H45N3S/c1-2-16-32(17-3-1)44-47(51-41-26-10-8-22-39(41)43-40-23-9-11-27-42(40)52-48(43)51)50-46-38(36-25-13-19-31-15-5-7-21-34(31)36)29-28-37(45(46)49-44)35-24-12-18-30-14-4-6-20-33(30)35/h1-3,7-8,10-13,16-19,21,24-27,29,37,39,43,45,48-49H,4-6,9,14-15,20,22-23,28H2. The maximum atomic E-state index is 6.06. The number of allylic oxidation sites excluding steroid dienone is 8. The molecular formula is C48H45N3S. The van der Waals surface area contributed by atoms with Crippen molar-refractivity contribution < 1.29 is 0 Å². The zero-order valence-electron chi connectivity index (χ0n) is 29.7. The Kier molecular flexibility index (Phi) is 7.49. The number of hydrogen-bond donors (Lipinski definition) is 1. The summed E-state index contributed by atoms with van der Waals surface area (Å²) in [6, 6.07) is 25.3. The average Bonchev–Trinajstić information content (AvgIpc) is 3.74. The number of rotatable bonds is 4. The lowest BCUT2D eigenvalue weighted by Gasteiger charge is -2.42. The van der Waals surface area contributed by atoms with Crippen LogP contribution in [0.4, 0.5) is 0 Å². The van der Waals surface area contributed by atoms with Crippen molar-refractivity contribution in [3.8, 4) is 0 Å². The summed E-state index contributed by atoms with van der Waals surface area (Å²) >= 11 is 2.08. The molecule has 1 saturated heterocycles. The van der Waals surface area contributed by atoms with E-state index in [0.717, 1.165) is 37.9 Å². The van der Waals surface area contributed by atoms with Crippen molar-refractivity contribution in [1.29, 1.82) is 0 Å². The molecule has 11 rings (SSSR count). The fourth-order valence-electron chi connectivity index (χ4n) is 10.7. The number of nitrogens with zero attached hydrogens (tertiary/aromatic N) is 2. The second kappa shape index (κ2) is 12.6. The first-order chi connectivity index (χ1) is 25.8. The number of likely N-dealkylation sites (tertiary alicyclic amines) is 1. The summed E-state index contributed by atoms with van der Waals surface area (Å²) in [5, 5.41) is 4.64. The molecular weight excluding hydrogens is 651 g/mol. The van der Waals surface area contributed by atoms with Crippen LogP contribution < -0.4 is 5.32 Å².